The lowest BCUT2D eigenvalue weighted by Crippen LogP contribution is -2.31. The van der Waals surface area contributed by atoms with Crippen LogP contribution in [0.25, 0.3) is 11.8 Å². The van der Waals surface area contributed by atoms with Crippen LogP contribution in [-0.2, 0) is 17.8 Å². The highest BCUT2D eigenvalue weighted by atomic mass is 32.1. The van der Waals surface area contributed by atoms with E-state index in [0.717, 1.165) is 17.0 Å². The van der Waals surface area contributed by atoms with Gasteiger partial charge in [-0.2, -0.15) is 0 Å². The van der Waals surface area contributed by atoms with E-state index in [1.165, 1.54) is 28.2 Å². The quantitative estimate of drug-likeness (QED) is 0.313. The number of H-pyrrole nitrogens is 1. The average molecular weight is 493 g/mol. The third-order valence-corrected chi connectivity index (χ3v) is 6.46. The highest BCUT2D eigenvalue weighted by molar-refractivity contribution is 7.09. The largest absolute Gasteiger partial charge is 0.329 e. The van der Waals surface area contributed by atoms with Crippen molar-refractivity contribution in [2.45, 2.75) is 13.0 Å². The zero-order valence-electron chi connectivity index (χ0n) is 18.1. The summed E-state index contributed by atoms with van der Waals surface area (Å²) < 4.78 is 29.5. The number of imide groups is 1. The second kappa shape index (κ2) is 9.15. The molecule has 2 N–H and O–H groups in total. The maximum Gasteiger partial charge on any atom is 0.329 e. The molecule has 7 nitrogen and oxygen atoms in total. The number of carbonyl (C=O) groups excluding carboxylic acids is 2. The lowest BCUT2D eigenvalue weighted by Gasteiger charge is -2.13. The average Bonchev–Trinajstić information content (AvgIpc) is 3.53. The maximum atomic E-state index is 14.1. The summed E-state index contributed by atoms with van der Waals surface area (Å²) in [6, 6.07) is 15.2. The van der Waals surface area contributed by atoms with Crippen LogP contribution < -0.4 is 10.9 Å². The fraction of sp³-hybridized carbons (Fsp3) is 0.0800. The van der Waals surface area contributed by atoms with E-state index in [4.69, 9.17) is 0 Å². The van der Waals surface area contributed by atoms with Gasteiger partial charge in [-0.05, 0) is 41.8 Å². The van der Waals surface area contributed by atoms with Gasteiger partial charge < -0.3 is 5.32 Å². The van der Waals surface area contributed by atoms with Crippen LogP contribution >= 0.6 is 11.3 Å². The van der Waals surface area contributed by atoms with Gasteiger partial charge in [-0.1, -0.05) is 30.3 Å². The first-order chi connectivity index (χ1) is 16.9. The number of hydrogen-bond donors (Lipinski definition) is 2. The first kappa shape index (κ1) is 22.5. The molecule has 0 bridgehead atoms. The van der Waals surface area contributed by atoms with Crippen LogP contribution in [0.15, 0.2) is 76.5 Å². The molecule has 1 aliphatic heterocycles. The molecule has 1 saturated heterocycles. The number of aromatic amines is 1. The summed E-state index contributed by atoms with van der Waals surface area (Å²) in [6.07, 6.45) is 1.71. The van der Waals surface area contributed by atoms with Crippen LogP contribution in [0.1, 0.15) is 21.7 Å². The van der Waals surface area contributed by atoms with Crippen molar-refractivity contribution in [3.05, 3.63) is 115 Å². The first-order valence-electron chi connectivity index (χ1n) is 10.6. The first-order valence-corrected chi connectivity index (χ1v) is 11.5. The van der Waals surface area contributed by atoms with Crippen molar-refractivity contribution in [1.82, 2.24) is 20.0 Å². The van der Waals surface area contributed by atoms with Crippen LogP contribution in [0.2, 0.25) is 0 Å². The van der Waals surface area contributed by atoms with Gasteiger partial charge in [0.25, 0.3) is 11.5 Å². The molecule has 0 spiro atoms. The van der Waals surface area contributed by atoms with Crippen molar-refractivity contribution >= 4 is 29.4 Å². The van der Waals surface area contributed by atoms with Crippen molar-refractivity contribution < 1.29 is 18.4 Å². The Kier molecular flexibility index (Phi) is 5.87. The second-order valence-electron chi connectivity index (χ2n) is 7.82. The minimum atomic E-state index is -0.863. The van der Waals surface area contributed by atoms with Crippen LogP contribution in [-0.4, -0.2) is 26.6 Å². The van der Waals surface area contributed by atoms with Gasteiger partial charge in [-0.15, -0.1) is 11.3 Å². The molecule has 4 aromatic rings. The minimum absolute atomic E-state index is 0.157. The number of amides is 3. The van der Waals surface area contributed by atoms with Crippen LogP contribution in [0.4, 0.5) is 13.6 Å². The minimum Gasteiger partial charge on any atom is -0.303 e. The van der Waals surface area contributed by atoms with Gasteiger partial charge in [-0.3, -0.25) is 19.6 Å². The number of urea groups is 1. The standard InChI is InChI=1S/C25H18F2N4O3S/c26-19-9-4-10-20(27)18(19)14-30-24(33)22(28-25(30)34)13-17-21(12-16-8-5-11-35-16)29-31(23(17)32)15-6-2-1-3-7-15/h1-11,13,29H,12,14H2,(H,28,34)/b22-13-. The Hall–Kier alpha value is -4.31. The molecule has 0 aliphatic carbocycles. The molecule has 3 heterocycles. The van der Waals surface area contributed by atoms with Crippen molar-refractivity contribution in [3.63, 3.8) is 0 Å². The molecular weight excluding hydrogens is 474 g/mol. The molecule has 10 heteroatoms. The summed E-state index contributed by atoms with van der Waals surface area (Å²) in [5.74, 6) is -2.51. The number of aromatic nitrogens is 2. The highest BCUT2D eigenvalue weighted by Crippen LogP contribution is 2.22. The van der Waals surface area contributed by atoms with E-state index >= 15 is 0 Å². The lowest BCUT2D eigenvalue weighted by atomic mass is 10.1. The molecule has 35 heavy (non-hydrogen) atoms. The van der Waals surface area contributed by atoms with E-state index in [0.29, 0.717) is 22.7 Å². The van der Waals surface area contributed by atoms with E-state index in [1.807, 2.05) is 23.6 Å². The number of carbonyl (C=O) groups is 2. The Morgan fingerprint density at radius 3 is 2.34 bits per heavy atom. The molecule has 176 valence electrons. The number of hydrogen-bond acceptors (Lipinski definition) is 4. The van der Waals surface area contributed by atoms with Gasteiger partial charge >= 0.3 is 6.03 Å². The Labute approximate surface area is 201 Å². The number of rotatable bonds is 6. The molecule has 1 aliphatic rings. The zero-order valence-corrected chi connectivity index (χ0v) is 18.9. The van der Waals surface area contributed by atoms with Crippen LogP contribution in [0.3, 0.4) is 0 Å². The Balaban J connectivity index is 1.53. The molecule has 3 amide bonds. The molecule has 2 aromatic carbocycles. The lowest BCUT2D eigenvalue weighted by molar-refractivity contribution is -0.123. The molecule has 5 rings (SSSR count). The number of halogens is 2. The highest BCUT2D eigenvalue weighted by Gasteiger charge is 2.35. The molecule has 0 unspecified atom stereocenters. The van der Waals surface area contributed by atoms with E-state index in [2.05, 4.69) is 10.4 Å². The van der Waals surface area contributed by atoms with E-state index in [-0.39, 0.29) is 11.3 Å². The van der Waals surface area contributed by atoms with Crippen molar-refractivity contribution in [2.75, 3.05) is 0 Å². The van der Waals surface area contributed by atoms with Gasteiger partial charge in [0.2, 0.25) is 0 Å². The smallest absolute Gasteiger partial charge is 0.303 e. The number of para-hydroxylation sites is 1. The molecular formula is C25H18F2N4O3S. The number of thiophene rings is 1. The summed E-state index contributed by atoms with van der Waals surface area (Å²) in [6.45, 7) is -0.579. The monoisotopic (exact) mass is 492 g/mol. The predicted molar refractivity (Wildman–Crippen MR) is 127 cm³/mol. The zero-order chi connectivity index (χ0) is 24.5. The van der Waals surface area contributed by atoms with Crippen LogP contribution in [0, 0.1) is 11.6 Å². The summed E-state index contributed by atoms with van der Waals surface area (Å²) >= 11 is 1.52. The molecule has 0 saturated carbocycles. The van der Waals surface area contributed by atoms with Gasteiger partial charge in [-0.25, -0.2) is 18.3 Å². The van der Waals surface area contributed by atoms with Crippen molar-refractivity contribution in [2.24, 2.45) is 0 Å². The Morgan fingerprint density at radius 2 is 1.66 bits per heavy atom. The summed E-state index contributed by atoms with van der Waals surface area (Å²) in [7, 11) is 0. The molecule has 0 radical (unpaired) electrons. The Bertz CT molecular complexity index is 1490. The number of benzene rings is 2. The summed E-state index contributed by atoms with van der Waals surface area (Å²) in [4.78, 5) is 40.5. The molecule has 0 atom stereocenters. The van der Waals surface area contributed by atoms with Crippen molar-refractivity contribution in [3.8, 4) is 5.69 Å². The Morgan fingerprint density at radius 1 is 0.914 bits per heavy atom. The van der Waals surface area contributed by atoms with Crippen molar-refractivity contribution in [1.29, 1.82) is 0 Å². The topological polar surface area (TPSA) is 87.2 Å². The SMILES string of the molecule is O=C1N/C(=C\c2c(Cc3cccs3)[nH]n(-c3ccccc3)c2=O)C(=O)N1Cc1c(F)cccc1F. The predicted octanol–water partition coefficient (Wildman–Crippen LogP) is 4.19. The number of nitrogens with one attached hydrogen (secondary N) is 2. The van der Waals surface area contributed by atoms with E-state index in [9.17, 15) is 23.2 Å². The normalized spacial score (nSPS) is 14.7. The van der Waals surface area contributed by atoms with Crippen LogP contribution in [0.5, 0.6) is 0 Å². The van der Waals surface area contributed by atoms with Gasteiger partial charge in [0, 0.05) is 16.9 Å². The third kappa shape index (κ3) is 4.31. The summed E-state index contributed by atoms with van der Waals surface area (Å²) in [5, 5.41) is 7.43. The van der Waals surface area contributed by atoms with E-state index in [1.54, 1.807) is 24.3 Å². The molecule has 2 aromatic heterocycles. The van der Waals surface area contributed by atoms with Gasteiger partial charge in [0.05, 0.1) is 23.5 Å². The van der Waals surface area contributed by atoms with E-state index < -0.39 is 41.2 Å². The van der Waals surface area contributed by atoms with Gasteiger partial charge in [0.15, 0.2) is 0 Å². The fourth-order valence-corrected chi connectivity index (χ4v) is 4.54. The third-order valence-electron chi connectivity index (χ3n) is 5.58. The maximum absolute atomic E-state index is 14.1. The molecule has 1 fully saturated rings. The van der Waals surface area contributed by atoms with Gasteiger partial charge in [0.1, 0.15) is 17.3 Å². The second-order valence-corrected chi connectivity index (χ2v) is 8.85. The fourth-order valence-electron chi connectivity index (χ4n) is 3.83. The number of nitrogens with zero attached hydrogens (tertiary/aromatic N) is 2. The summed E-state index contributed by atoms with van der Waals surface area (Å²) in [5.41, 5.74) is 0.391.